The van der Waals surface area contributed by atoms with E-state index in [1.165, 1.54) is 0 Å². The predicted molar refractivity (Wildman–Crippen MR) is 119 cm³/mol. The Labute approximate surface area is 195 Å². The maximum Gasteiger partial charge on any atom is 0.228 e. The number of carbonyl (C=O) groups excluding carboxylic acids is 1. The van der Waals surface area contributed by atoms with Gasteiger partial charge in [0.2, 0.25) is 5.91 Å². The summed E-state index contributed by atoms with van der Waals surface area (Å²) in [5.41, 5.74) is 0.777. The number of piperidine rings is 1. The van der Waals surface area contributed by atoms with Gasteiger partial charge < -0.3 is 19.7 Å². The van der Waals surface area contributed by atoms with E-state index in [1.807, 2.05) is 0 Å². The van der Waals surface area contributed by atoms with Gasteiger partial charge in [0.15, 0.2) is 40.7 Å². The molecular weight excluding hydrogens is 451 g/mol. The van der Waals surface area contributed by atoms with Crippen molar-refractivity contribution >= 4 is 23.4 Å². The van der Waals surface area contributed by atoms with Crippen molar-refractivity contribution in [2.45, 2.75) is 44.2 Å². The molecule has 5 rings (SSSR count). The summed E-state index contributed by atoms with van der Waals surface area (Å²) < 4.78 is 51.8. The van der Waals surface area contributed by atoms with Crippen molar-refractivity contribution in [3.05, 3.63) is 35.3 Å². The first-order chi connectivity index (χ1) is 16.4. The zero-order chi connectivity index (χ0) is 23.8. The number of nitrogens with one attached hydrogen (secondary N) is 1. The highest BCUT2D eigenvalue weighted by Gasteiger charge is 2.31. The summed E-state index contributed by atoms with van der Waals surface area (Å²) in [5, 5.41) is 3.45. The number of rotatable bonds is 5. The molecule has 0 saturated carbocycles. The molecule has 1 amide bonds. The molecule has 1 aromatic carbocycles. The van der Waals surface area contributed by atoms with Crippen LogP contribution in [0.4, 0.5) is 30.6 Å². The smallest absolute Gasteiger partial charge is 0.228 e. The van der Waals surface area contributed by atoms with Crippen LogP contribution in [0.5, 0.6) is 5.75 Å². The fourth-order valence-electron chi connectivity index (χ4n) is 4.52. The molecule has 3 aliphatic rings. The fraction of sp³-hybridized carbons (Fsp3) is 0.522. The molecular formula is C23H26F3N5O3. The molecule has 11 heteroatoms. The number of amides is 1. The van der Waals surface area contributed by atoms with E-state index >= 15 is 0 Å². The number of hydrogen-bond donors (Lipinski definition) is 1. The highest BCUT2D eigenvalue weighted by atomic mass is 19.2. The SMILES string of the molecule is CN1C(=O)CCc2nc(N[C@@H]3CCOC3)c(N3CCC(Oc4cc(F)c(F)cc4F)CC3)nc21. The molecule has 0 unspecified atom stereocenters. The van der Waals surface area contributed by atoms with E-state index < -0.39 is 17.5 Å². The average Bonchev–Trinajstić information content (AvgIpc) is 3.33. The van der Waals surface area contributed by atoms with Gasteiger partial charge in [0.05, 0.1) is 18.3 Å². The lowest BCUT2D eigenvalue weighted by Crippen LogP contribution is -2.40. The first-order valence-corrected chi connectivity index (χ1v) is 11.5. The Morgan fingerprint density at radius 2 is 1.79 bits per heavy atom. The molecule has 2 fully saturated rings. The van der Waals surface area contributed by atoms with Gasteiger partial charge in [-0.1, -0.05) is 0 Å². The minimum atomic E-state index is -1.25. The molecule has 3 aliphatic heterocycles. The van der Waals surface area contributed by atoms with Crippen LogP contribution in [0.15, 0.2) is 12.1 Å². The number of halogens is 3. The molecule has 2 saturated heterocycles. The van der Waals surface area contributed by atoms with Gasteiger partial charge >= 0.3 is 0 Å². The fourth-order valence-corrected chi connectivity index (χ4v) is 4.52. The van der Waals surface area contributed by atoms with E-state index in [-0.39, 0.29) is 23.8 Å². The number of benzene rings is 1. The molecule has 34 heavy (non-hydrogen) atoms. The second kappa shape index (κ2) is 9.28. The Balaban J connectivity index is 1.34. The lowest BCUT2D eigenvalue weighted by molar-refractivity contribution is -0.118. The maximum absolute atomic E-state index is 14.0. The topological polar surface area (TPSA) is 79.8 Å². The first kappa shape index (κ1) is 22.7. The zero-order valence-corrected chi connectivity index (χ0v) is 18.8. The Morgan fingerprint density at radius 1 is 1.03 bits per heavy atom. The van der Waals surface area contributed by atoms with Crippen LogP contribution in [0.25, 0.3) is 0 Å². The highest BCUT2D eigenvalue weighted by molar-refractivity contribution is 5.95. The largest absolute Gasteiger partial charge is 0.487 e. The van der Waals surface area contributed by atoms with E-state index in [1.54, 1.807) is 11.9 Å². The van der Waals surface area contributed by atoms with Gasteiger partial charge in [-0.25, -0.2) is 23.1 Å². The maximum atomic E-state index is 14.0. The van der Waals surface area contributed by atoms with Crippen molar-refractivity contribution in [2.75, 3.05) is 48.5 Å². The Hall–Kier alpha value is -3.08. The second-order valence-electron chi connectivity index (χ2n) is 8.82. The number of aromatic nitrogens is 2. The van der Waals surface area contributed by atoms with Gasteiger partial charge in [-0.2, -0.15) is 0 Å². The van der Waals surface area contributed by atoms with E-state index in [2.05, 4.69) is 10.2 Å². The first-order valence-electron chi connectivity index (χ1n) is 11.5. The summed E-state index contributed by atoms with van der Waals surface area (Å²) in [6, 6.07) is 1.36. The summed E-state index contributed by atoms with van der Waals surface area (Å²) in [6.45, 7) is 2.35. The third-order valence-corrected chi connectivity index (χ3v) is 6.48. The number of carbonyl (C=O) groups is 1. The molecule has 0 radical (unpaired) electrons. The Morgan fingerprint density at radius 3 is 2.53 bits per heavy atom. The van der Waals surface area contributed by atoms with Crippen LogP contribution in [-0.2, 0) is 16.0 Å². The molecule has 4 heterocycles. The number of hydrogen-bond acceptors (Lipinski definition) is 7. The van der Waals surface area contributed by atoms with Crippen LogP contribution in [0, 0.1) is 17.5 Å². The van der Waals surface area contributed by atoms with Crippen LogP contribution in [0.2, 0.25) is 0 Å². The van der Waals surface area contributed by atoms with Crippen LogP contribution in [0.3, 0.4) is 0 Å². The van der Waals surface area contributed by atoms with Gasteiger partial charge in [-0.15, -0.1) is 0 Å². The van der Waals surface area contributed by atoms with Gasteiger partial charge in [0.25, 0.3) is 0 Å². The van der Waals surface area contributed by atoms with Crippen molar-refractivity contribution in [2.24, 2.45) is 0 Å². The van der Waals surface area contributed by atoms with Gasteiger partial charge in [0.1, 0.15) is 6.10 Å². The summed E-state index contributed by atoms with van der Waals surface area (Å²) in [6.07, 6.45) is 2.50. The van der Waals surface area contributed by atoms with E-state index in [0.717, 1.165) is 18.2 Å². The monoisotopic (exact) mass is 477 g/mol. The molecule has 0 aliphatic carbocycles. The van der Waals surface area contributed by atoms with Gasteiger partial charge in [-0.05, 0) is 6.42 Å². The quantitative estimate of drug-likeness (QED) is 0.663. The molecule has 2 aromatic rings. The van der Waals surface area contributed by atoms with Crippen LogP contribution >= 0.6 is 0 Å². The van der Waals surface area contributed by atoms with Gasteiger partial charge in [0, 0.05) is 64.6 Å². The summed E-state index contributed by atoms with van der Waals surface area (Å²) in [5.74, 6) is -1.77. The minimum Gasteiger partial charge on any atom is -0.487 e. The predicted octanol–water partition coefficient (Wildman–Crippen LogP) is 3.05. The molecule has 0 spiro atoms. The van der Waals surface area contributed by atoms with Crippen molar-refractivity contribution in [3.8, 4) is 5.75 Å². The summed E-state index contributed by atoms with van der Waals surface area (Å²) in [7, 11) is 1.70. The number of aryl methyl sites for hydroxylation is 1. The number of fused-ring (bicyclic) bond motifs is 1. The van der Waals surface area contributed by atoms with E-state index in [4.69, 9.17) is 19.4 Å². The van der Waals surface area contributed by atoms with Crippen molar-refractivity contribution in [3.63, 3.8) is 0 Å². The summed E-state index contributed by atoms with van der Waals surface area (Å²) >= 11 is 0. The number of ether oxygens (including phenoxy) is 2. The van der Waals surface area contributed by atoms with Crippen LogP contribution < -0.4 is 19.9 Å². The van der Waals surface area contributed by atoms with Crippen molar-refractivity contribution in [1.82, 2.24) is 9.97 Å². The van der Waals surface area contributed by atoms with E-state index in [9.17, 15) is 18.0 Å². The van der Waals surface area contributed by atoms with Gasteiger partial charge in [-0.3, -0.25) is 9.69 Å². The molecule has 1 aromatic heterocycles. The van der Waals surface area contributed by atoms with E-state index in [0.29, 0.717) is 75.5 Å². The lowest BCUT2D eigenvalue weighted by Gasteiger charge is -2.35. The Kier molecular flexibility index (Phi) is 6.20. The lowest BCUT2D eigenvalue weighted by atomic mass is 10.1. The number of anilines is 3. The van der Waals surface area contributed by atoms with Crippen LogP contribution in [0.1, 0.15) is 31.4 Å². The normalized spacial score (nSPS) is 21.1. The third-order valence-electron chi connectivity index (χ3n) is 6.48. The van der Waals surface area contributed by atoms with Crippen LogP contribution in [-0.4, -0.2) is 61.4 Å². The third kappa shape index (κ3) is 4.48. The number of nitrogens with zero attached hydrogens (tertiary/aromatic N) is 4. The Bertz CT molecular complexity index is 1090. The highest BCUT2D eigenvalue weighted by Crippen LogP contribution is 2.34. The second-order valence-corrected chi connectivity index (χ2v) is 8.82. The molecule has 1 N–H and O–H groups in total. The summed E-state index contributed by atoms with van der Waals surface area (Å²) in [4.78, 5) is 25.5. The standard InChI is InChI=1S/C23H26F3N5O3/c1-30-20(32)3-2-18-22(30)29-23(21(28-18)27-13-6-9-33-12-13)31-7-4-14(5-8-31)34-19-11-16(25)15(24)10-17(19)26/h10-11,13-14H,2-9,12H2,1H3,(H,27,28)/t13-/m1/s1. The van der Waals surface area contributed by atoms with Crippen molar-refractivity contribution < 1.29 is 27.4 Å². The molecule has 182 valence electrons. The molecule has 8 nitrogen and oxygen atoms in total. The van der Waals surface area contributed by atoms with Crippen molar-refractivity contribution in [1.29, 1.82) is 0 Å². The molecule has 1 atom stereocenters. The molecule has 0 bridgehead atoms. The minimum absolute atomic E-state index is 0.00156. The average molecular weight is 477 g/mol. The zero-order valence-electron chi connectivity index (χ0n) is 18.8.